The first kappa shape index (κ1) is 10.5. The van der Waals surface area contributed by atoms with Crippen LogP contribution in [0.25, 0.3) is 17.0 Å². The zero-order valence-corrected chi connectivity index (χ0v) is 10.7. The molecule has 2 heterocycles. The van der Waals surface area contributed by atoms with Crippen LogP contribution in [0.2, 0.25) is 0 Å². The van der Waals surface area contributed by atoms with E-state index in [1.807, 2.05) is 25.2 Å². The second kappa shape index (κ2) is 3.70. The fraction of sp³-hybridized carbons (Fsp3) is 0.214. The molecule has 0 unspecified atom stereocenters. The van der Waals surface area contributed by atoms with Crippen molar-refractivity contribution in [1.29, 1.82) is 0 Å². The van der Waals surface area contributed by atoms with Gasteiger partial charge in [-0.05, 0) is 26.3 Å². The summed E-state index contributed by atoms with van der Waals surface area (Å²) in [5, 5.41) is 3.96. The lowest BCUT2D eigenvalue weighted by molar-refractivity contribution is 1.03. The van der Waals surface area contributed by atoms with Crippen molar-refractivity contribution in [3.8, 4) is 0 Å². The molecule has 3 rings (SSSR count). The fourth-order valence-corrected chi connectivity index (χ4v) is 3.29. The normalized spacial score (nSPS) is 14.0. The molecular weight excluding hydrogens is 230 g/mol. The van der Waals surface area contributed by atoms with Crippen LogP contribution in [0.4, 0.5) is 0 Å². The van der Waals surface area contributed by atoms with Crippen LogP contribution in [0.5, 0.6) is 0 Å². The van der Waals surface area contributed by atoms with Gasteiger partial charge < -0.3 is 4.40 Å². The molecule has 0 radical (unpaired) electrons. The molecule has 0 saturated carbocycles. The van der Waals surface area contributed by atoms with Gasteiger partial charge in [-0.3, -0.25) is 4.79 Å². The average molecular weight is 243 g/mol. The lowest BCUT2D eigenvalue weighted by Gasteiger charge is -2.02. The van der Waals surface area contributed by atoms with E-state index in [0.29, 0.717) is 0 Å². The van der Waals surface area contributed by atoms with Crippen molar-refractivity contribution in [2.45, 2.75) is 20.3 Å². The van der Waals surface area contributed by atoms with Crippen molar-refractivity contribution in [3.63, 3.8) is 0 Å². The molecule has 3 heteroatoms. The highest BCUT2D eigenvalue weighted by molar-refractivity contribution is 7.15. The van der Waals surface area contributed by atoms with Gasteiger partial charge in [0, 0.05) is 21.9 Å². The number of pyridine rings is 1. The molecule has 1 aliphatic carbocycles. The predicted octanol–water partition coefficient (Wildman–Crippen LogP) is 1.50. The van der Waals surface area contributed by atoms with Gasteiger partial charge in [0.1, 0.15) is 4.83 Å². The first-order valence-corrected chi connectivity index (χ1v) is 6.54. The monoisotopic (exact) mass is 243 g/mol. The molecule has 17 heavy (non-hydrogen) atoms. The predicted molar refractivity (Wildman–Crippen MR) is 73.0 cm³/mol. The number of rotatable bonds is 0. The Morgan fingerprint density at radius 2 is 2.18 bits per heavy atom. The number of thiazole rings is 1. The summed E-state index contributed by atoms with van der Waals surface area (Å²) in [6, 6.07) is 0. The van der Waals surface area contributed by atoms with E-state index in [0.717, 1.165) is 27.4 Å². The van der Waals surface area contributed by atoms with Crippen LogP contribution in [0, 0.1) is 13.8 Å². The van der Waals surface area contributed by atoms with Crippen LogP contribution in [0.3, 0.4) is 0 Å². The minimum absolute atomic E-state index is 0.168. The summed E-state index contributed by atoms with van der Waals surface area (Å²) in [6.07, 6.45) is 8.98. The van der Waals surface area contributed by atoms with Crippen LogP contribution >= 0.6 is 11.3 Å². The number of fused-ring (bicyclic) bond motifs is 3. The van der Waals surface area contributed by atoms with Gasteiger partial charge in [0.25, 0.3) is 0 Å². The lowest BCUT2D eigenvalue weighted by atomic mass is 10.2. The van der Waals surface area contributed by atoms with Crippen molar-refractivity contribution < 1.29 is 0 Å². The molecule has 1 aliphatic rings. The molecule has 2 nitrogen and oxygen atoms in total. The van der Waals surface area contributed by atoms with E-state index in [-0.39, 0.29) is 5.43 Å². The molecular formula is C14H13NOS. The van der Waals surface area contributed by atoms with Gasteiger partial charge in [-0.1, -0.05) is 18.2 Å². The van der Waals surface area contributed by atoms with Crippen molar-refractivity contribution in [1.82, 2.24) is 4.40 Å². The number of hydrogen-bond acceptors (Lipinski definition) is 2. The zero-order valence-electron chi connectivity index (χ0n) is 9.86. The minimum atomic E-state index is 0.168. The maximum absolute atomic E-state index is 12.3. The van der Waals surface area contributed by atoms with Gasteiger partial charge in [-0.2, -0.15) is 0 Å². The molecule has 86 valence electrons. The highest BCUT2D eigenvalue weighted by Crippen LogP contribution is 2.14. The Kier molecular flexibility index (Phi) is 2.30. The van der Waals surface area contributed by atoms with E-state index < -0.39 is 0 Å². The Bertz CT molecular complexity index is 805. The molecule has 0 bridgehead atoms. The van der Waals surface area contributed by atoms with Gasteiger partial charge in [0.15, 0.2) is 5.43 Å². The SMILES string of the molecule is Cc1c(=O)c2c(n3c(C)csc13)=CC=CCC=2. The number of hydrogen-bond donors (Lipinski definition) is 0. The van der Waals surface area contributed by atoms with Crippen LogP contribution in [0.1, 0.15) is 17.7 Å². The summed E-state index contributed by atoms with van der Waals surface area (Å²) in [4.78, 5) is 13.4. The van der Waals surface area contributed by atoms with E-state index in [4.69, 9.17) is 0 Å². The van der Waals surface area contributed by atoms with Crippen LogP contribution in [-0.2, 0) is 0 Å². The Balaban J connectivity index is 2.75. The highest BCUT2D eigenvalue weighted by atomic mass is 32.1. The molecule has 0 N–H and O–H groups in total. The zero-order chi connectivity index (χ0) is 12.0. The van der Waals surface area contributed by atoms with E-state index in [9.17, 15) is 4.79 Å². The Hall–Kier alpha value is -1.61. The maximum atomic E-state index is 12.3. The summed E-state index contributed by atoms with van der Waals surface area (Å²) in [5.41, 5.74) is 2.21. The molecule has 0 fully saturated rings. The van der Waals surface area contributed by atoms with E-state index in [2.05, 4.69) is 22.8 Å². The summed E-state index contributed by atoms with van der Waals surface area (Å²) >= 11 is 1.64. The van der Waals surface area contributed by atoms with Gasteiger partial charge in [-0.25, -0.2) is 0 Å². The first-order valence-electron chi connectivity index (χ1n) is 5.66. The van der Waals surface area contributed by atoms with E-state index in [1.165, 1.54) is 5.69 Å². The van der Waals surface area contributed by atoms with Crippen molar-refractivity contribution >= 4 is 28.3 Å². The number of aryl methyl sites for hydroxylation is 2. The number of aromatic nitrogens is 1. The second-order valence-corrected chi connectivity index (χ2v) is 5.16. The summed E-state index contributed by atoms with van der Waals surface area (Å²) in [6.45, 7) is 4.00. The summed E-state index contributed by atoms with van der Waals surface area (Å²) in [7, 11) is 0. The summed E-state index contributed by atoms with van der Waals surface area (Å²) < 4.78 is 2.18. The molecule has 0 aliphatic heterocycles. The Labute approximate surface area is 103 Å². The first-order chi connectivity index (χ1) is 8.20. The molecule has 2 aromatic rings. The third-order valence-corrected chi connectivity index (χ3v) is 4.34. The van der Waals surface area contributed by atoms with Crippen molar-refractivity contribution in [2.75, 3.05) is 0 Å². The average Bonchev–Trinajstić information content (AvgIpc) is 2.56. The van der Waals surface area contributed by atoms with Crippen molar-refractivity contribution in [3.05, 3.63) is 49.6 Å². The van der Waals surface area contributed by atoms with E-state index >= 15 is 0 Å². The molecule has 0 saturated heterocycles. The fourth-order valence-electron chi connectivity index (χ4n) is 2.28. The molecule has 0 spiro atoms. The number of nitrogens with zero attached hydrogens (tertiary/aromatic N) is 1. The third-order valence-electron chi connectivity index (χ3n) is 3.17. The third kappa shape index (κ3) is 1.42. The largest absolute Gasteiger partial charge is 0.304 e. The Morgan fingerprint density at radius 1 is 1.35 bits per heavy atom. The van der Waals surface area contributed by atoms with Crippen LogP contribution in [-0.4, -0.2) is 4.40 Å². The Morgan fingerprint density at radius 3 is 3.00 bits per heavy atom. The van der Waals surface area contributed by atoms with Gasteiger partial charge >= 0.3 is 0 Å². The summed E-state index contributed by atoms with van der Waals surface area (Å²) in [5.74, 6) is 0. The van der Waals surface area contributed by atoms with Crippen molar-refractivity contribution in [2.24, 2.45) is 0 Å². The standard InChI is InChI=1S/C14H13NOS/c1-9-8-17-14-10(2)13(16)11-6-4-3-5-7-12(11)15(9)14/h3,5-8H,4H2,1-2H3. The quantitative estimate of drug-likeness (QED) is 0.687. The lowest BCUT2D eigenvalue weighted by Crippen LogP contribution is -2.44. The van der Waals surface area contributed by atoms with E-state index in [1.54, 1.807) is 11.3 Å². The maximum Gasteiger partial charge on any atom is 0.193 e. The highest BCUT2D eigenvalue weighted by Gasteiger charge is 2.09. The van der Waals surface area contributed by atoms with Gasteiger partial charge in [-0.15, -0.1) is 11.3 Å². The molecule has 0 aromatic carbocycles. The second-order valence-electron chi connectivity index (χ2n) is 4.31. The smallest absolute Gasteiger partial charge is 0.193 e. The van der Waals surface area contributed by atoms with Crippen LogP contribution in [0.15, 0.2) is 22.3 Å². The van der Waals surface area contributed by atoms with Gasteiger partial charge in [0.05, 0.1) is 5.35 Å². The molecule has 0 amide bonds. The minimum Gasteiger partial charge on any atom is -0.304 e. The van der Waals surface area contributed by atoms with Gasteiger partial charge in [0.2, 0.25) is 0 Å². The topological polar surface area (TPSA) is 21.5 Å². The molecule has 0 atom stereocenters. The van der Waals surface area contributed by atoms with Crippen LogP contribution < -0.4 is 16.0 Å². The molecule has 2 aromatic heterocycles. The number of allylic oxidation sites excluding steroid dienone is 2.